The molecule has 12 rings (SSSR count). The summed E-state index contributed by atoms with van der Waals surface area (Å²) in [6.45, 7) is 0.360. The molecule has 0 aliphatic carbocycles. The summed E-state index contributed by atoms with van der Waals surface area (Å²) in [5.41, 5.74) is 19.8. The Bertz CT molecular complexity index is 3640. The topological polar surface area (TPSA) is 65.5 Å². The van der Waals surface area contributed by atoms with Gasteiger partial charge >= 0.3 is 0 Å². The first-order valence-electron chi connectivity index (χ1n) is 21.3. The van der Waals surface area contributed by atoms with Crippen LogP contribution in [-0.4, -0.2) is 25.4 Å². The molecule has 0 aliphatic heterocycles. The maximum Gasteiger partial charge on any atom is 0.159 e. The number of aliphatic imine (C=N–C) groups is 2. The van der Waals surface area contributed by atoms with Crippen molar-refractivity contribution < 1.29 is 0 Å². The van der Waals surface area contributed by atoms with Crippen LogP contribution in [0.2, 0.25) is 0 Å². The Labute approximate surface area is 363 Å². The predicted molar refractivity (Wildman–Crippen MR) is 263 cm³/mol. The van der Waals surface area contributed by atoms with Crippen molar-refractivity contribution in [2.75, 3.05) is 0 Å². The van der Waals surface area contributed by atoms with Crippen LogP contribution in [0.3, 0.4) is 0 Å². The minimum atomic E-state index is 0.360. The van der Waals surface area contributed by atoms with Gasteiger partial charge in [-0.1, -0.05) is 152 Å². The summed E-state index contributed by atoms with van der Waals surface area (Å²) in [6, 6.07) is 76.7. The van der Waals surface area contributed by atoms with Crippen molar-refractivity contribution in [1.29, 1.82) is 0 Å². The SMILES string of the molecule is NC(=NC(=NCc1ccccc1-n1c2ccccc2c2ccccc21)c1ccccc1-n1c2ccccc2c2ccccc21)c1ccccc1-n1c2ccccc2c2ccccc21. The van der Waals surface area contributed by atoms with E-state index < -0.39 is 0 Å². The van der Waals surface area contributed by atoms with Crippen LogP contribution >= 0.6 is 0 Å². The smallest absolute Gasteiger partial charge is 0.159 e. The summed E-state index contributed by atoms with van der Waals surface area (Å²) in [7, 11) is 0. The van der Waals surface area contributed by atoms with Crippen LogP contribution in [0.15, 0.2) is 228 Å². The quantitative estimate of drug-likeness (QED) is 0.126. The molecule has 3 aromatic heterocycles. The van der Waals surface area contributed by atoms with Gasteiger partial charge in [-0.25, -0.2) is 4.99 Å². The zero-order chi connectivity index (χ0) is 41.9. The molecule has 6 heteroatoms. The highest BCUT2D eigenvalue weighted by molar-refractivity contribution is 6.16. The fraction of sp³-hybridized carbons (Fsp3) is 0.0175. The van der Waals surface area contributed by atoms with E-state index in [-0.39, 0.29) is 0 Å². The molecule has 0 atom stereocenters. The number of nitrogens with two attached hydrogens (primary N) is 1. The third-order valence-electron chi connectivity index (χ3n) is 12.4. The number of fused-ring (bicyclic) bond motifs is 9. The molecule has 6 nitrogen and oxygen atoms in total. The summed E-state index contributed by atoms with van der Waals surface area (Å²) < 4.78 is 6.99. The van der Waals surface area contributed by atoms with Crippen molar-refractivity contribution in [2.45, 2.75) is 6.54 Å². The molecule has 298 valence electrons. The van der Waals surface area contributed by atoms with Crippen LogP contribution in [0.5, 0.6) is 0 Å². The third kappa shape index (κ3) is 5.87. The third-order valence-corrected chi connectivity index (χ3v) is 12.4. The summed E-state index contributed by atoms with van der Waals surface area (Å²) in [6.07, 6.45) is 0. The number of para-hydroxylation sites is 9. The predicted octanol–water partition coefficient (Wildman–Crippen LogP) is 13.3. The van der Waals surface area contributed by atoms with E-state index in [1.807, 2.05) is 6.07 Å². The van der Waals surface area contributed by atoms with Gasteiger partial charge in [-0.2, -0.15) is 0 Å². The van der Waals surface area contributed by atoms with E-state index in [0.29, 0.717) is 18.2 Å². The molecule has 0 saturated heterocycles. The van der Waals surface area contributed by atoms with Crippen molar-refractivity contribution in [3.8, 4) is 17.1 Å². The lowest BCUT2D eigenvalue weighted by Crippen LogP contribution is -2.19. The van der Waals surface area contributed by atoms with Gasteiger partial charge in [0.1, 0.15) is 5.84 Å². The summed E-state index contributed by atoms with van der Waals surface area (Å²) in [4.78, 5) is 10.9. The highest BCUT2D eigenvalue weighted by Gasteiger charge is 2.21. The first kappa shape index (κ1) is 36.4. The molecule has 2 N–H and O–H groups in total. The molecule has 0 aliphatic rings. The van der Waals surface area contributed by atoms with Gasteiger partial charge < -0.3 is 19.4 Å². The minimum absolute atomic E-state index is 0.360. The monoisotopic (exact) mass is 808 g/mol. The highest BCUT2D eigenvalue weighted by Crippen LogP contribution is 2.36. The van der Waals surface area contributed by atoms with Crippen molar-refractivity contribution in [3.63, 3.8) is 0 Å². The van der Waals surface area contributed by atoms with E-state index in [1.165, 1.54) is 32.3 Å². The van der Waals surface area contributed by atoms with Gasteiger partial charge in [0.05, 0.1) is 56.7 Å². The lowest BCUT2D eigenvalue weighted by atomic mass is 10.1. The van der Waals surface area contributed by atoms with Crippen LogP contribution in [0.1, 0.15) is 16.7 Å². The van der Waals surface area contributed by atoms with Crippen molar-refractivity contribution >= 4 is 77.1 Å². The lowest BCUT2D eigenvalue weighted by Gasteiger charge is -2.16. The number of amidine groups is 2. The average molecular weight is 809 g/mol. The molecule has 12 aromatic rings. The fourth-order valence-corrected chi connectivity index (χ4v) is 9.67. The molecule has 0 radical (unpaired) electrons. The van der Waals surface area contributed by atoms with E-state index in [1.54, 1.807) is 0 Å². The molecule has 0 spiro atoms. The van der Waals surface area contributed by atoms with Crippen LogP contribution in [0.4, 0.5) is 0 Å². The second kappa shape index (κ2) is 14.9. The Morgan fingerprint density at radius 2 is 0.635 bits per heavy atom. The number of aromatic nitrogens is 3. The first-order chi connectivity index (χ1) is 31.2. The lowest BCUT2D eigenvalue weighted by molar-refractivity contribution is 1.02. The Balaban J connectivity index is 1.08. The van der Waals surface area contributed by atoms with E-state index in [2.05, 4.69) is 226 Å². The van der Waals surface area contributed by atoms with Crippen LogP contribution in [0.25, 0.3) is 82.5 Å². The van der Waals surface area contributed by atoms with Gasteiger partial charge in [-0.05, 0) is 72.3 Å². The van der Waals surface area contributed by atoms with E-state index in [0.717, 1.165) is 66.9 Å². The van der Waals surface area contributed by atoms with Crippen LogP contribution in [0, 0.1) is 0 Å². The minimum Gasteiger partial charge on any atom is -0.383 e. The van der Waals surface area contributed by atoms with Crippen LogP contribution < -0.4 is 5.73 Å². The van der Waals surface area contributed by atoms with E-state index >= 15 is 0 Å². The van der Waals surface area contributed by atoms with Crippen molar-refractivity contribution in [2.24, 2.45) is 15.7 Å². The molecule has 0 bridgehead atoms. The van der Waals surface area contributed by atoms with Gasteiger partial charge in [0.2, 0.25) is 0 Å². The van der Waals surface area contributed by atoms with Gasteiger partial charge in [0.25, 0.3) is 0 Å². The van der Waals surface area contributed by atoms with Gasteiger partial charge in [0, 0.05) is 43.4 Å². The maximum absolute atomic E-state index is 7.32. The van der Waals surface area contributed by atoms with E-state index in [9.17, 15) is 0 Å². The number of benzene rings is 9. The highest BCUT2D eigenvalue weighted by atomic mass is 15.0. The van der Waals surface area contributed by atoms with Crippen molar-refractivity contribution in [1.82, 2.24) is 13.7 Å². The summed E-state index contributed by atoms with van der Waals surface area (Å²) in [5.74, 6) is 0.915. The number of nitrogens with zero attached hydrogens (tertiary/aromatic N) is 5. The molecular weight excluding hydrogens is 769 g/mol. The number of hydrogen-bond acceptors (Lipinski definition) is 1. The largest absolute Gasteiger partial charge is 0.383 e. The van der Waals surface area contributed by atoms with Gasteiger partial charge in [-0.3, -0.25) is 4.99 Å². The molecule has 63 heavy (non-hydrogen) atoms. The fourth-order valence-electron chi connectivity index (χ4n) is 9.67. The summed E-state index contributed by atoms with van der Waals surface area (Å²) >= 11 is 0. The Morgan fingerprint density at radius 3 is 1.06 bits per heavy atom. The molecule has 3 heterocycles. The van der Waals surface area contributed by atoms with Crippen molar-refractivity contribution in [3.05, 3.63) is 235 Å². The Hall–Kier alpha value is -8.48. The van der Waals surface area contributed by atoms with E-state index in [4.69, 9.17) is 15.7 Å². The zero-order valence-corrected chi connectivity index (χ0v) is 34.3. The van der Waals surface area contributed by atoms with Gasteiger partial charge in [-0.15, -0.1) is 0 Å². The average Bonchev–Trinajstić information content (AvgIpc) is 3.99. The molecular formula is C57H40N6. The van der Waals surface area contributed by atoms with Gasteiger partial charge in [0.15, 0.2) is 5.84 Å². The Kier molecular flexibility index (Phi) is 8.61. The zero-order valence-electron chi connectivity index (χ0n) is 34.3. The number of rotatable bonds is 7. The molecule has 0 fully saturated rings. The molecule has 9 aromatic carbocycles. The Morgan fingerprint density at radius 1 is 0.333 bits per heavy atom. The summed E-state index contributed by atoms with van der Waals surface area (Å²) in [5, 5.41) is 7.16. The number of hydrogen-bond donors (Lipinski definition) is 1. The molecule has 0 amide bonds. The molecule has 0 saturated carbocycles. The second-order valence-electron chi connectivity index (χ2n) is 15.9. The second-order valence-corrected chi connectivity index (χ2v) is 15.9. The standard InChI is InChI=1S/C57H40N6/c58-56(45-26-8-17-35-54(45)62-50-31-13-4-22-41(50)42-23-5-14-32-51(42)62)60-57(46-27-9-18-36-55(46)63-52-33-15-6-24-43(52)44-25-7-16-34-53(44)63)59-37-38-19-1-10-28-47(38)61-48-29-11-2-20-39(48)40-21-3-12-30-49(40)61/h1-36H,37H2,(H2,58,59,60). The molecule has 0 unspecified atom stereocenters. The first-order valence-corrected chi connectivity index (χ1v) is 21.3. The van der Waals surface area contributed by atoms with Crippen LogP contribution in [-0.2, 0) is 6.54 Å². The maximum atomic E-state index is 7.32. The normalized spacial score (nSPS) is 12.4.